The van der Waals surface area contributed by atoms with Gasteiger partial charge >= 0.3 is 6.61 Å². The van der Waals surface area contributed by atoms with E-state index in [-0.39, 0.29) is 11.0 Å². The number of hydrogen-bond donors (Lipinski definition) is 1. The second-order valence-electron chi connectivity index (χ2n) is 5.51. The molecule has 5 nitrogen and oxygen atoms in total. The van der Waals surface area contributed by atoms with E-state index in [0.717, 1.165) is 12.1 Å². The topological polar surface area (TPSA) is 66.0 Å². The minimum Gasteiger partial charge on any atom is -0.435 e. The van der Waals surface area contributed by atoms with Gasteiger partial charge in [0.15, 0.2) is 17.5 Å². The van der Waals surface area contributed by atoms with E-state index in [0.29, 0.717) is 22.1 Å². The maximum atomic E-state index is 13.4. The van der Waals surface area contributed by atoms with Crippen molar-refractivity contribution >= 4 is 11.8 Å². The normalized spacial score (nSPS) is 12.4. The van der Waals surface area contributed by atoms with Gasteiger partial charge in [-0.25, -0.2) is 13.5 Å². The van der Waals surface area contributed by atoms with Crippen LogP contribution in [0.1, 0.15) is 17.7 Å². The monoisotopic (exact) mass is 398 g/mol. The zero-order chi connectivity index (χ0) is 19.6. The number of nitrogens with two attached hydrogens (primary N) is 1. The summed E-state index contributed by atoms with van der Waals surface area (Å²) in [6.07, 6.45) is 0. The smallest absolute Gasteiger partial charge is 0.387 e. The molecule has 2 aromatic carbocycles. The molecule has 0 saturated heterocycles. The molecular weight excluding hydrogens is 384 g/mol. The SMILES string of the molecule is CC(Sc1nnc(-c2ccc(OC(F)F)cc2)n1N)c1ccc(F)c(F)c1. The van der Waals surface area contributed by atoms with Gasteiger partial charge in [-0.1, -0.05) is 17.8 Å². The number of hydrogen-bond acceptors (Lipinski definition) is 5. The van der Waals surface area contributed by atoms with Gasteiger partial charge in [-0.3, -0.25) is 0 Å². The van der Waals surface area contributed by atoms with Gasteiger partial charge in [0.25, 0.3) is 0 Å². The second kappa shape index (κ2) is 7.87. The van der Waals surface area contributed by atoms with Gasteiger partial charge in [0.05, 0.1) is 0 Å². The Kier molecular flexibility index (Phi) is 5.54. The van der Waals surface area contributed by atoms with Crippen LogP contribution >= 0.6 is 11.8 Å². The maximum Gasteiger partial charge on any atom is 0.387 e. The predicted molar refractivity (Wildman–Crippen MR) is 92.9 cm³/mol. The molecule has 27 heavy (non-hydrogen) atoms. The van der Waals surface area contributed by atoms with Crippen LogP contribution in [0.5, 0.6) is 5.75 Å². The Hall–Kier alpha value is -2.75. The summed E-state index contributed by atoms with van der Waals surface area (Å²) < 4.78 is 56.4. The summed E-state index contributed by atoms with van der Waals surface area (Å²) in [5.41, 5.74) is 1.12. The largest absolute Gasteiger partial charge is 0.435 e. The van der Waals surface area contributed by atoms with Gasteiger partial charge in [-0.2, -0.15) is 8.78 Å². The summed E-state index contributed by atoms with van der Waals surface area (Å²) in [6, 6.07) is 9.45. The summed E-state index contributed by atoms with van der Waals surface area (Å²) in [6.45, 7) is -1.11. The van der Waals surface area contributed by atoms with Gasteiger partial charge in [-0.15, -0.1) is 10.2 Å². The van der Waals surface area contributed by atoms with Crippen LogP contribution in [-0.2, 0) is 0 Å². The molecule has 2 N–H and O–H groups in total. The lowest BCUT2D eigenvalue weighted by Crippen LogP contribution is -2.12. The Morgan fingerprint density at radius 1 is 1.04 bits per heavy atom. The number of alkyl halides is 2. The first-order valence-corrected chi connectivity index (χ1v) is 8.60. The van der Waals surface area contributed by atoms with E-state index in [2.05, 4.69) is 14.9 Å². The molecule has 0 radical (unpaired) electrons. The molecule has 1 heterocycles. The first-order valence-electron chi connectivity index (χ1n) is 7.72. The van der Waals surface area contributed by atoms with Crippen molar-refractivity contribution in [1.29, 1.82) is 0 Å². The van der Waals surface area contributed by atoms with Crippen LogP contribution < -0.4 is 10.6 Å². The number of benzene rings is 2. The fourth-order valence-electron chi connectivity index (χ4n) is 2.33. The molecule has 142 valence electrons. The van der Waals surface area contributed by atoms with Crippen molar-refractivity contribution < 1.29 is 22.3 Å². The fourth-order valence-corrected chi connectivity index (χ4v) is 3.22. The molecule has 0 amide bonds. The number of nitrogen functional groups attached to an aromatic ring is 1. The molecule has 3 aromatic rings. The molecule has 0 aliphatic rings. The van der Waals surface area contributed by atoms with E-state index >= 15 is 0 Å². The van der Waals surface area contributed by atoms with Crippen molar-refractivity contribution in [3.8, 4) is 17.1 Å². The van der Waals surface area contributed by atoms with E-state index in [1.807, 2.05) is 0 Å². The molecule has 3 rings (SSSR count). The van der Waals surface area contributed by atoms with Gasteiger partial charge in [0.1, 0.15) is 5.75 Å². The van der Waals surface area contributed by atoms with Crippen molar-refractivity contribution in [1.82, 2.24) is 14.9 Å². The predicted octanol–water partition coefficient (Wildman–Crippen LogP) is 4.39. The van der Waals surface area contributed by atoms with Crippen molar-refractivity contribution in [2.75, 3.05) is 5.84 Å². The van der Waals surface area contributed by atoms with Crippen LogP contribution in [0.25, 0.3) is 11.4 Å². The van der Waals surface area contributed by atoms with Crippen molar-refractivity contribution in [3.05, 3.63) is 59.7 Å². The number of halogens is 4. The number of nitrogens with zero attached hydrogens (tertiary/aromatic N) is 3. The van der Waals surface area contributed by atoms with Crippen LogP contribution in [0.4, 0.5) is 17.6 Å². The Morgan fingerprint density at radius 3 is 2.37 bits per heavy atom. The fraction of sp³-hybridized carbons (Fsp3) is 0.176. The van der Waals surface area contributed by atoms with E-state index in [1.54, 1.807) is 6.92 Å². The molecule has 10 heteroatoms. The van der Waals surface area contributed by atoms with Gasteiger partial charge in [-0.05, 0) is 48.9 Å². The maximum absolute atomic E-state index is 13.4. The molecule has 0 spiro atoms. The number of rotatable bonds is 6. The lowest BCUT2D eigenvalue weighted by Gasteiger charge is -2.11. The Labute approximate surface area is 156 Å². The van der Waals surface area contributed by atoms with Gasteiger partial charge in [0.2, 0.25) is 5.16 Å². The molecule has 0 bridgehead atoms. The number of thioether (sulfide) groups is 1. The highest BCUT2D eigenvalue weighted by Gasteiger charge is 2.17. The summed E-state index contributed by atoms with van der Waals surface area (Å²) in [5.74, 6) is 4.50. The highest BCUT2D eigenvalue weighted by molar-refractivity contribution is 7.99. The number of aromatic nitrogens is 3. The van der Waals surface area contributed by atoms with Crippen LogP contribution in [0.2, 0.25) is 0 Å². The third-order valence-corrected chi connectivity index (χ3v) is 4.81. The highest BCUT2D eigenvalue weighted by Crippen LogP contribution is 2.35. The highest BCUT2D eigenvalue weighted by atomic mass is 32.2. The van der Waals surface area contributed by atoms with E-state index in [4.69, 9.17) is 5.84 Å². The summed E-state index contributed by atoms with van der Waals surface area (Å²) >= 11 is 1.22. The Balaban J connectivity index is 1.77. The van der Waals surface area contributed by atoms with E-state index in [9.17, 15) is 17.6 Å². The molecule has 0 fully saturated rings. The van der Waals surface area contributed by atoms with Crippen LogP contribution in [0.3, 0.4) is 0 Å². The van der Waals surface area contributed by atoms with Crippen molar-refractivity contribution in [3.63, 3.8) is 0 Å². The summed E-state index contributed by atoms with van der Waals surface area (Å²) in [4.78, 5) is 0. The molecule has 0 saturated carbocycles. The molecule has 0 aliphatic heterocycles. The molecule has 1 atom stereocenters. The van der Waals surface area contributed by atoms with Crippen molar-refractivity contribution in [2.45, 2.75) is 23.9 Å². The first kappa shape index (κ1) is 19.0. The third-order valence-electron chi connectivity index (χ3n) is 3.70. The standard InChI is InChI=1S/C17H14F4N4OS/c1-9(11-4-7-13(18)14(19)8-11)27-17-24-23-15(25(17)22)10-2-5-12(6-3-10)26-16(20)21/h2-9,16H,22H2,1H3. The Morgan fingerprint density at radius 2 is 1.74 bits per heavy atom. The van der Waals surface area contributed by atoms with E-state index < -0.39 is 18.2 Å². The number of ether oxygens (including phenoxy) is 1. The van der Waals surface area contributed by atoms with Crippen LogP contribution in [-0.4, -0.2) is 21.5 Å². The Bertz CT molecular complexity index is 933. The molecular formula is C17H14F4N4OS. The third kappa shape index (κ3) is 4.33. The van der Waals surface area contributed by atoms with Gasteiger partial charge < -0.3 is 10.6 Å². The lowest BCUT2D eigenvalue weighted by atomic mass is 10.1. The summed E-state index contributed by atoms with van der Waals surface area (Å²) in [5, 5.41) is 8.09. The molecule has 0 aliphatic carbocycles. The zero-order valence-corrected chi connectivity index (χ0v) is 14.8. The van der Waals surface area contributed by atoms with Crippen LogP contribution in [0.15, 0.2) is 47.6 Å². The lowest BCUT2D eigenvalue weighted by molar-refractivity contribution is -0.0498. The van der Waals surface area contributed by atoms with E-state index in [1.165, 1.54) is 46.8 Å². The quantitative estimate of drug-likeness (QED) is 0.379. The zero-order valence-electron chi connectivity index (χ0n) is 13.9. The van der Waals surface area contributed by atoms with Crippen molar-refractivity contribution in [2.24, 2.45) is 0 Å². The molecule has 1 aromatic heterocycles. The minimum absolute atomic E-state index is 0.0124. The second-order valence-corrected chi connectivity index (χ2v) is 6.82. The summed E-state index contributed by atoms with van der Waals surface area (Å²) in [7, 11) is 0. The minimum atomic E-state index is -2.91. The van der Waals surface area contributed by atoms with Crippen LogP contribution in [0, 0.1) is 11.6 Å². The average Bonchev–Trinajstić information content (AvgIpc) is 2.98. The average molecular weight is 398 g/mol. The van der Waals surface area contributed by atoms with Gasteiger partial charge in [0, 0.05) is 10.8 Å². The first-order chi connectivity index (χ1) is 12.8. The molecule has 1 unspecified atom stereocenters.